The van der Waals surface area contributed by atoms with Gasteiger partial charge >= 0.3 is 0 Å². The maximum Gasteiger partial charge on any atom is 0.257 e. The van der Waals surface area contributed by atoms with E-state index in [0.717, 1.165) is 5.56 Å². The van der Waals surface area contributed by atoms with E-state index in [-0.39, 0.29) is 12.0 Å². The van der Waals surface area contributed by atoms with E-state index in [1.165, 1.54) is 0 Å². The number of aromatic nitrogens is 1. The maximum absolute atomic E-state index is 12.5. The molecule has 0 saturated heterocycles. The number of pyridine rings is 1. The number of anilines is 2. The zero-order valence-electron chi connectivity index (χ0n) is 15.8. The van der Waals surface area contributed by atoms with Crippen molar-refractivity contribution >= 4 is 29.0 Å². The number of carbonyl (C=O) groups is 1. The number of benzene rings is 2. The summed E-state index contributed by atoms with van der Waals surface area (Å²) in [5.41, 5.74) is 2.19. The van der Waals surface area contributed by atoms with Crippen molar-refractivity contribution in [3.63, 3.8) is 0 Å². The number of hydrogen-bond acceptors (Lipinski definition) is 4. The third-order valence-electron chi connectivity index (χ3n) is 3.91. The second-order valence-electron chi connectivity index (χ2n) is 6.53. The van der Waals surface area contributed by atoms with Gasteiger partial charge < -0.3 is 15.4 Å². The zero-order valence-corrected chi connectivity index (χ0v) is 16.5. The quantitative estimate of drug-likeness (QED) is 0.563. The summed E-state index contributed by atoms with van der Waals surface area (Å²) in [7, 11) is 0. The second kappa shape index (κ2) is 9.24. The van der Waals surface area contributed by atoms with E-state index < -0.39 is 0 Å². The van der Waals surface area contributed by atoms with Crippen molar-refractivity contribution in [1.29, 1.82) is 0 Å². The number of ether oxygens (including phenoxy) is 1. The van der Waals surface area contributed by atoms with Crippen LogP contribution in [0, 0.1) is 0 Å². The van der Waals surface area contributed by atoms with Gasteiger partial charge in [-0.15, -0.1) is 0 Å². The lowest BCUT2D eigenvalue weighted by Crippen LogP contribution is -2.15. The van der Waals surface area contributed by atoms with Gasteiger partial charge in [0.25, 0.3) is 5.91 Å². The fourth-order valence-electron chi connectivity index (χ4n) is 2.55. The van der Waals surface area contributed by atoms with E-state index in [1.54, 1.807) is 18.3 Å². The zero-order chi connectivity index (χ0) is 19.9. The van der Waals surface area contributed by atoms with Crippen molar-refractivity contribution in [3.05, 3.63) is 83.0 Å². The van der Waals surface area contributed by atoms with Gasteiger partial charge in [-0.1, -0.05) is 35.9 Å². The standard InChI is InChI=1S/C22H22ClN3O2/c1-15(2)28-20-6-4-3-5-19(20)26-22(27)17-9-12-21(25-14-17)24-13-16-7-10-18(23)11-8-16/h3-12,14-15H,13H2,1-2H3,(H,24,25)(H,26,27). The highest BCUT2D eigenvalue weighted by molar-refractivity contribution is 6.30. The van der Waals surface area contributed by atoms with E-state index in [0.29, 0.717) is 34.4 Å². The van der Waals surface area contributed by atoms with Crippen LogP contribution in [0.25, 0.3) is 0 Å². The topological polar surface area (TPSA) is 63.2 Å². The van der Waals surface area contributed by atoms with Crippen LogP contribution in [-0.2, 0) is 6.54 Å². The molecule has 0 bridgehead atoms. The Kier molecular flexibility index (Phi) is 6.50. The van der Waals surface area contributed by atoms with E-state index >= 15 is 0 Å². The summed E-state index contributed by atoms with van der Waals surface area (Å²) < 4.78 is 5.73. The molecule has 0 saturated carbocycles. The molecule has 3 rings (SSSR count). The first-order valence-electron chi connectivity index (χ1n) is 9.02. The molecule has 0 aliphatic heterocycles. The summed E-state index contributed by atoms with van der Waals surface area (Å²) >= 11 is 5.89. The summed E-state index contributed by atoms with van der Waals surface area (Å²) in [6.45, 7) is 4.51. The monoisotopic (exact) mass is 395 g/mol. The van der Waals surface area contributed by atoms with Crippen LogP contribution < -0.4 is 15.4 Å². The first-order valence-corrected chi connectivity index (χ1v) is 9.40. The Hall–Kier alpha value is -3.05. The Bertz CT molecular complexity index is 925. The van der Waals surface area contributed by atoms with Crippen LogP contribution in [0.3, 0.4) is 0 Å². The molecule has 28 heavy (non-hydrogen) atoms. The molecule has 3 aromatic rings. The van der Waals surface area contributed by atoms with E-state index in [9.17, 15) is 4.79 Å². The average molecular weight is 396 g/mol. The fourth-order valence-corrected chi connectivity index (χ4v) is 2.67. The van der Waals surface area contributed by atoms with E-state index in [2.05, 4.69) is 15.6 Å². The number of nitrogens with one attached hydrogen (secondary N) is 2. The van der Waals surface area contributed by atoms with Crippen molar-refractivity contribution in [2.45, 2.75) is 26.5 Å². The number of para-hydroxylation sites is 2. The summed E-state index contributed by atoms with van der Waals surface area (Å²) in [5, 5.41) is 6.81. The molecule has 1 aromatic heterocycles. The molecule has 0 aliphatic carbocycles. The first kappa shape index (κ1) is 19.7. The second-order valence-corrected chi connectivity index (χ2v) is 6.97. The fraction of sp³-hybridized carbons (Fsp3) is 0.182. The molecule has 2 N–H and O–H groups in total. The molecule has 2 aromatic carbocycles. The largest absolute Gasteiger partial charge is 0.489 e. The Balaban J connectivity index is 1.61. The maximum atomic E-state index is 12.5. The lowest BCUT2D eigenvalue weighted by molar-refractivity contribution is 0.102. The first-order chi connectivity index (χ1) is 13.5. The number of carbonyl (C=O) groups excluding carboxylic acids is 1. The average Bonchev–Trinajstić information content (AvgIpc) is 2.69. The molecule has 1 amide bonds. The van der Waals surface area contributed by atoms with Crippen LogP contribution >= 0.6 is 11.6 Å². The van der Waals surface area contributed by atoms with Crippen LogP contribution in [0.2, 0.25) is 5.02 Å². The van der Waals surface area contributed by atoms with E-state index in [1.807, 2.05) is 62.4 Å². The van der Waals surface area contributed by atoms with Crippen LogP contribution in [0.4, 0.5) is 11.5 Å². The third-order valence-corrected chi connectivity index (χ3v) is 4.16. The van der Waals surface area contributed by atoms with Crippen LogP contribution in [0.1, 0.15) is 29.8 Å². The highest BCUT2D eigenvalue weighted by atomic mass is 35.5. The molecule has 0 aliphatic rings. The summed E-state index contributed by atoms with van der Waals surface area (Å²) in [4.78, 5) is 16.9. The molecular weight excluding hydrogens is 374 g/mol. The smallest absolute Gasteiger partial charge is 0.257 e. The van der Waals surface area contributed by atoms with Gasteiger partial charge in [0.05, 0.1) is 17.4 Å². The van der Waals surface area contributed by atoms with Crippen LogP contribution in [0.15, 0.2) is 66.9 Å². The molecule has 5 nitrogen and oxygen atoms in total. The highest BCUT2D eigenvalue weighted by Gasteiger charge is 2.11. The van der Waals surface area contributed by atoms with Gasteiger partial charge in [-0.2, -0.15) is 0 Å². The van der Waals surface area contributed by atoms with Gasteiger partial charge in [0.2, 0.25) is 0 Å². The van der Waals surface area contributed by atoms with Gasteiger partial charge in [-0.05, 0) is 55.8 Å². The number of nitrogens with zero attached hydrogens (tertiary/aromatic N) is 1. The van der Waals surface area contributed by atoms with Crippen LogP contribution in [-0.4, -0.2) is 17.0 Å². The van der Waals surface area contributed by atoms with Gasteiger partial charge in [0.15, 0.2) is 0 Å². The van der Waals surface area contributed by atoms with E-state index in [4.69, 9.17) is 16.3 Å². The summed E-state index contributed by atoms with van der Waals surface area (Å²) in [5.74, 6) is 1.09. The molecule has 0 unspecified atom stereocenters. The van der Waals surface area contributed by atoms with Crippen molar-refractivity contribution in [2.75, 3.05) is 10.6 Å². The Morgan fingerprint density at radius 2 is 1.82 bits per heavy atom. The van der Waals surface area contributed by atoms with Crippen molar-refractivity contribution in [2.24, 2.45) is 0 Å². The molecule has 0 spiro atoms. The molecular formula is C22H22ClN3O2. The number of hydrogen-bond donors (Lipinski definition) is 2. The Morgan fingerprint density at radius 3 is 2.50 bits per heavy atom. The lowest BCUT2D eigenvalue weighted by atomic mass is 10.2. The molecule has 6 heteroatoms. The lowest BCUT2D eigenvalue weighted by Gasteiger charge is -2.14. The number of rotatable bonds is 7. The van der Waals surface area contributed by atoms with Gasteiger partial charge in [0.1, 0.15) is 11.6 Å². The van der Waals surface area contributed by atoms with Gasteiger partial charge in [-0.3, -0.25) is 4.79 Å². The minimum atomic E-state index is -0.239. The van der Waals surface area contributed by atoms with Gasteiger partial charge in [0, 0.05) is 17.8 Å². The summed E-state index contributed by atoms with van der Waals surface area (Å²) in [6, 6.07) is 18.5. The minimum Gasteiger partial charge on any atom is -0.489 e. The van der Waals surface area contributed by atoms with Gasteiger partial charge in [-0.25, -0.2) is 4.98 Å². The highest BCUT2D eigenvalue weighted by Crippen LogP contribution is 2.25. The molecule has 1 heterocycles. The van der Waals surface area contributed by atoms with Crippen LogP contribution in [0.5, 0.6) is 5.75 Å². The Labute approximate surface area is 169 Å². The van der Waals surface area contributed by atoms with Crippen molar-refractivity contribution in [3.8, 4) is 5.75 Å². The predicted molar refractivity (Wildman–Crippen MR) is 113 cm³/mol. The SMILES string of the molecule is CC(C)Oc1ccccc1NC(=O)c1ccc(NCc2ccc(Cl)cc2)nc1. The number of amides is 1. The normalized spacial score (nSPS) is 10.6. The molecule has 144 valence electrons. The van der Waals surface area contributed by atoms with Crippen molar-refractivity contribution < 1.29 is 9.53 Å². The molecule has 0 fully saturated rings. The Morgan fingerprint density at radius 1 is 1.07 bits per heavy atom. The predicted octanol–water partition coefficient (Wildman–Crippen LogP) is 5.39. The number of halogens is 1. The molecule has 0 atom stereocenters. The summed E-state index contributed by atoms with van der Waals surface area (Å²) in [6.07, 6.45) is 1.57. The van der Waals surface area contributed by atoms with Crippen molar-refractivity contribution in [1.82, 2.24) is 4.98 Å². The third kappa shape index (κ3) is 5.47. The minimum absolute atomic E-state index is 0.0192. The molecule has 0 radical (unpaired) electrons.